The summed E-state index contributed by atoms with van der Waals surface area (Å²) in [7, 11) is 0. The van der Waals surface area contributed by atoms with E-state index in [0.717, 1.165) is 36.1 Å². The number of rotatable bonds is 2. The number of ketones is 1. The Balaban J connectivity index is 1.86. The van der Waals surface area contributed by atoms with Gasteiger partial charge >= 0.3 is 5.97 Å². The summed E-state index contributed by atoms with van der Waals surface area (Å²) in [4.78, 5) is 25.5. The molecule has 1 saturated heterocycles. The summed E-state index contributed by atoms with van der Waals surface area (Å²) < 4.78 is 0. The zero-order valence-corrected chi connectivity index (χ0v) is 11.6. The molecule has 2 aliphatic rings. The predicted molar refractivity (Wildman–Crippen MR) is 74.8 cm³/mol. The Morgan fingerprint density at radius 3 is 2.95 bits per heavy atom. The second-order valence-electron chi connectivity index (χ2n) is 5.91. The van der Waals surface area contributed by atoms with Crippen LogP contribution in [0.25, 0.3) is 0 Å². The summed E-state index contributed by atoms with van der Waals surface area (Å²) in [5, 5.41) is 9.19. The fourth-order valence-corrected chi connectivity index (χ4v) is 3.41. The van der Waals surface area contributed by atoms with Gasteiger partial charge < -0.3 is 5.11 Å². The third-order valence-corrected chi connectivity index (χ3v) is 4.49. The summed E-state index contributed by atoms with van der Waals surface area (Å²) in [5.41, 5.74) is 3.00. The zero-order valence-electron chi connectivity index (χ0n) is 11.6. The highest BCUT2D eigenvalue weighted by atomic mass is 16.4. The Morgan fingerprint density at radius 1 is 1.40 bits per heavy atom. The normalized spacial score (nSPS) is 26.6. The third-order valence-electron chi connectivity index (χ3n) is 4.49. The van der Waals surface area contributed by atoms with Gasteiger partial charge in [-0.3, -0.25) is 14.5 Å². The molecule has 0 amide bonds. The van der Waals surface area contributed by atoms with Gasteiger partial charge in [0.1, 0.15) is 0 Å². The molecule has 1 heterocycles. The number of nitrogens with zero attached hydrogens (tertiary/aromatic N) is 1. The average molecular weight is 273 g/mol. The van der Waals surface area contributed by atoms with E-state index >= 15 is 0 Å². The Hall–Kier alpha value is -1.68. The molecule has 1 N–H and O–H groups in total. The first-order valence-corrected chi connectivity index (χ1v) is 7.17. The maximum atomic E-state index is 12.1. The number of hydrogen-bond donors (Lipinski definition) is 1. The molecule has 1 aliphatic carbocycles. The van der Waals surface area contributed by atoms with Crippen molar-refractivity contribution in [3.05, 3.63) is 34.9 Å². The smallest absolute Gasteiger partial charge is 0.307 e. The lowest BCUT2D eigenvalue weighted by Gasteiger charge is -2.35. The lowest BCUT2D eigenvalue weighted by atomic mass is 9.95. The Labute approximate surface area is 118 Å². The van der Waals surface area contributed by atoms with Gasteiger partial charge in [-0.15, -0.1) is 0 Å². The van der Waals surface area contributed by atoms with Gasteiger partial charge in [-0.05, 0) is 37.9 Å². The molecule has 0 radical (unpaired) electrons. The lowest BCUT2D eigenvalue weighted by molar-refractivity contribution is -0.143. The van der Waals surface area contributed by atoms with Crippen LogP contribution in [0.15, 0.2) is 18.2 Å². The van der Waals surface area contributed by atoms with E-state index in [1.54, 1.807) is 0 Å². The zero-order chi connectivity index (χ0) is 14.3. The number of carbonyl (C=O) groups excluding carboxylic acids is 1. The van der Waals surface area contributed by atoms with Crippen molar-refractivity contribution < 1.29 is 14.7 Å². The van der Waals surface area contributed by atoms with Crippen molar-refractivity contribution in [3.8, 4) is 0 Å². The molecule has 0 bridgehead atoms. The van der Waals surface area contributed by atoms with E-state index < -0.39 is 5.97 Å². The predicted octanol–water partition coefficient (Wildman–Crippen LogP) is 2.42. The van der Waals surface area contributed by atoms with Crippen LogP contribution in [-0.2, 0) is 4.79 Å². The fourth-order valence-electron chi connectivity index (χ4n) is 3.41. The summed E-state index contributed by atoms with van der Waals surface area (Å²) in [5.74, 6) is -0.831. The van der Waals surface area contributed by atoms with Crippen LogP contribution in [-0.4, -0.2) is 34.8 Å². The van der Waals surface area contributed by atoms with E-state index in [9.17, 15) is 14.7 Å². The molecule has 20 heavy (non-hydrogen) atoms. The van der Waals surface area contributed by atoms with Crippen molar-refractivity contribution >= 4 is 11.8 Å². The second kappa shape index (κ2) is 5.02. The van der Waals surface area contributed by atoms with Crippen molar-refractivity contribution in [2.24, 2.45) is 5.92 Å². The van der Waals surface area contributed by atoms with Gasteiger partial charge in [0.25, 0.3) is 0 Å². The summed E-state index contributed by atoms with van der Waals surface area (Å²) in [6.07, 6.45) is 2.13. The molecule has 1 aromatic rings. The van der Waals surface area contributed by atoms with Crippen LogP contribution in [0.1, 0.15) is 46.8 Å². The van der Waals surface area contributed by atoms with Gasteiger partial charge in [-0.2, -0.15) is 0 Å². The number of hydrogen-bond acceptors (Lipinski definition) is 3. The van der Waals surface area contributed by atoms with Gasteiger partial charge in [0.15, 0.2) is 5.78 Å². The Kier molecular flexibility index (Phi) is 3.34. The van der Waals surface area contributed by atoms with Crippen molar-refractivity contribution in [2.75, 3.05) is 13.1 Å². The molecule has 1 fully saturated rings. The number of likely N-dealkylation sites (tertiary alicyclic amines) is 1. The standard InChI is InChI=1S/C16H19NO3/c1-10-4-5-12-13(7-10)15(18)8-14(12)17-6-2-3-11(9-17)16(19)20/h4-5,7,11,14H,2-3,6,8-9H2,1H3,(H,19,20). The molecule has 106 valence electrons. The molecular weight excluding hydrogens is 254 g/mol. The number of Topliss-reactive ketones (excluding diaryl/α,β-unsaturated/α-hetero) is 1. The fraction of sp³-hybridized carbons (Fsp3) is 0.500. The molecule has 0 spiro atoms. The van der Waals surface area contributed by atoms with Crippen LogP contribution >= 0.6 is 0 Å². The van der Waals surface area contributed by atoms with E-state index in [0.29, 0.717) is 13.0 Å². The number of aliphatic carboxylic acids is 1. The van der Waals surface area contributed by atoms with Crippen molar-refractivity contribution in [3.63, 3.8) is 0 Å². The molecule has 4 heteroatoms. The van der Waals surface area contributed by atoms with Crippen molar-refractivity contribution in [1.29, 1.82) is 0 Å². The minimum Gasteiger partial charge on any atom is -0.481 e. The lowest BCUT2D eigenvalue weighted by Crippen LogP contribution is -2.40. The number of carboxylic acid groups (broad SMARTS) is 1. The number of carbonyl (C=O) groups is 2. The molecule has 2 atom stereocenters. The highest BCUT2D eigenvalue weighted by molar-refractivity contribution is 6.01. The highest BCUT2D eigenvalue weighted by Crippen LogP contribution is 2.38. The van der Waals surface area contributed by atoms with Gasteiger partial charge in [0.05, 0.1) is 5.92 Å². The van der Waals surface area contributed by atoms with E-state index in [1.165, 1.54) is 0 Å². The third kappa shape index (κ3) is 2.24. The second-order valence-corrected chi connectivity index (χ2v) is 5.91. The van der Waals surface area contributed by atoms with Gasteiger partial charge in [0, 0.05) is 24.6 Å². The quantitative estimate of drug-likeness (QED) is 0.899. The number of fused-ring (bicyclic) bond motifs is 1. The largest absolute Gasteiger partial charge is 0.481 e. The maximum absolute atomic E-state index is 12.1. The Morgan fingerprint density at radius 2 is 2.20 bits per heavy atom. The van der Waals surface area contributed by atoms with Gasteiger partial charge in [0.2, 0.25) is 0 Å². The first-order chi connectivity index (χ1) is 9.56. The SMILES string of the molecule is Cc1ccc2c(c1)C(=O)CC2N1CCCC(C(=O)O)C1. The van der Waals surface area contributed by atoms with Crippen LogP contribution in [0.2, 0.25) is 0 Å². The van der Waals surface area contributed by atoms with Crippen LogP contribution in [0, 0.1) is 12.8 Å². The number of benzene rings is 1. The number of carboxylic acids is 1. The summed E-state index contributed by atoms with van der Waals surface area (Å²) in [6.45, 7) is 3.43. The number of piperidine rings is 1. The minimum absolute atomic E-state index is 0.0697. The average Bonchev–Trinajstić information content (AvgIpc) is 2.76. The molecule has 1 aliphatic heterocycles. The van der Waals surface area contributed by atoms with E-state index in [2.05, 4.69) is 4.90 Å². The first-order valence-electron chi connectivity index (χ1n) is 7.17. The molecule has 1 aromatic carbocycles. The molecule has 2 unspecified atom stereocenters. The summed E-state index contributed by atoms with van der Waals surface area (Å²) >= 11 is 0. The monoisotopic (exact) mass is 273 g/mol. The van der Waals surface area contributed by atoms with Crippen LogP contribution < -0.4 is 0 Å². The van der Waals surface area contributed by atoms with Crippen LogP contribution in [0.5, 0.6) is 0 Å². The molecule has 0 aromatic heterocycles. The molecule has 4 nitrogen and oxygen atoms in total. The van der Waals surface area contributed by atoms with E-state index in [1.807, 2.05) is 25.1 Å². The van der Waals surface area contributed by atoms with E-state index in [4.69, 9.17) is 0 Å². The van der Waals surface area contributed by atoms with Crippen molar-refractivity contribution in [1.82, 2.24) is 4.90 Å². The summed E-state index contributed by atoms with van der Waals surface area (Å²) in [6, 6.07) is 6.09. The molecular formula is C16H19NO3. The van der Waals surface area contributed by atoms with Gasteiger partial charge in [-0.25, -0.2) is 0 Å². The maximum Gasteiger partial charge on any atom is 0.307 e. The topological polar surface area (TPSA) is 57.6 Å². The molecule has 3 rings (SSSR count). The highest BCUT2D eigenvalue weighted by Gasteiger charge is 2.36. The first kappa shape index (κ1) is 13.3. The van der Waals surface area contributed by atoms with E-state index in [-0.39, 0.29) is 17.7 Å². The van der Waals surface area contributed by atoms with Crippen LogP contribution in [0.4, 0.5) is 0 Å². The van der Waals surface area contributed by atoms with Crippen molar-refractivity contribution in [2.45, 2.75) is 32.2 Å². The Bertz CT molecular complexity index is 567. The minimum atomic E-state index is -0.719. The van der Waals surface area contributed by atoms with Gasteiger partial charge in [-0.1, -0.05) is 17.7 Å². The number of aryl methyl sites for hydroxylation is 1. The van der Waals surface area contributed by atoms with Crippen LogP contribution in [0.3, 0.4) is 0 Å². The molecule has 0 saturated carbocycles.